The average molecular weight is 175 g/mol. The van der Waals surface area contributed by atoms with Gasteiger partial charge in [-0.3, -0.25) is 0 Å². The predicted molar refractivity (Wildman–Crippen MR) is 55.8 cm³/mol. The molecule has 1 aromatic carbocycles. The zero-order chi connectivity index (χ0) is 9.26. The molecule has 1 nitrogen and oxygen atoms in total. The summed E-state index contributed by atoms with van der Waals surface area (Å²) in [6, 6.07) is 9.27. The quantitative estimate of drug-likeness (QED) is 0.734. The summed E-state index contributed by atoms with van der Waals surface area (Å²) in [5.74, 6) is 0.631. The Hall–Kier alpha value is -0.820. The highest BCUT2D eigenvalue weighted by atomic mass is 14.7. The lowest BCUT2D eigenvalue weighted by atomic mass is 9.75. The number of hydrogen-bond donors (Lipinski definition) is 1. The van der Waals surface area contributed by atoms with Crippen molar-refractivity contribution in [2.24, 2.45) is 5.73 Å². The molecule has 13 heavy (non-hydrogen) atoms. The van der Waals surface area contributed by atoms with Crippen molar-refractivity contribution in [2.75, 3.05) is 0 Å². The highest BCUT2D eigenvalue weighted by Gasteiger charge is 2.28. The second-order valence-electron chi connectivity index (χ2n) is 3.95. The van der Waals surface area contributed by atoms with E-state index in [0.29, 0.717) is 12.0 Å². The van der Waals surface area contributed by atoms with Crippen molar-refractivity contribution in [1.82, 2.24) is 0 Å². The monoisotopic (exact) mass is 175 g/mol. The lowest BCUT2D eigenvalue weighted by Gasteiger charge is -2.34. The summed E-state index contributed by atoms with van der Waals surface area (Å²) < 4.78 is 0. The summed E-state index contributed by atoms with van der Waals surface area (Å²) >= 11 is 0. The van der Waals surface area contributed by atoms with Crippen LogP contribution in [0, 0.1) is 0 Å². The standard InChI is InChI=1S/C12H17N/c1-2-9-4-3-5-10(8-9)11-6-7-12(11)13/h3-5,8,11-12H,2,6-7,13H2,1H3. The van der Waals surface area contributed by atoms with Gasteiger partial charge < -0.3 is 5.73 Å². The lowest BCUT2D eigenvalue weighted by Crippen LogP contribution is -2.37. The van der Waals surface area contributed by atoms with Gasteiger partial charge in [0.2, 0.25) is 0 Å². The van der Waals surface area contributed by atoms with E-state index in [1.807, 2.05) is 0 Å². The zero-order valence-corrected chi connectivity index (χ0v) is 8.16. The molecule has 1 aliphatic carbocycles. The predicted octanol–water partition coefficient (Wildman–Crippen LogP) is 2.45. The van der Waals surface area contributed by atoms with Crippen LogP contribution in [0.4, 0.5) is 0 Å². The first-order chi connectivity index (χ1) is 6.31. The average Bonchev–Trinajstić information content (AvgIpc) is 2.16. The molecule has 0 amide bonds. The fourth-order valence-corrected chi connectivity index (χ4v) is 1.98. The van der Waals surface area contributed by atoms with Gasteiger partial charge in [-0.05, 0) is 36.3 Å². The smallest absolute Gasteiger partial charge is 0.0108 e. The van der Waals surface area contributed by atoms with Gasteiger partial charge in [0.15, 0.2) is 0 Å². The third-order valence-electron chi connectivity index (χ3n) is 3.12. The Labute approximate surface area is 80.0 Å². The molecule has 2 unspecified atom stereocenters. The third-order valence-corrected chi connectivity index (χ3v) is 3.12. The maximum Gasteiger partial charge on any atom is 0.0108 e. The number of benzene rings is 1. The van der Waals surface area contributed by atoms with E-state index >= 15 is 0 Å². The molecule has 70 valence electrons. The summed E-state index contributed by atoms with van der Waals surface area (Å²) in [7, 11) is 0. The second kappa shape index (κ2) is 3.51. The summed E-state index contributed by atoms with van der Waals surface area (Å²) in [6.45, 7) is 2.19. The van der Waals surface area contributed by atoms with Crippen molar-refractivity contribution in [1.29, 1.82) is 0 Å². The molecule has 2 N–H and O–H groups in total. The van der Waals surface area contributed by atoms with Crippen molar-refractivity contribution in [3.63, 3.8) is 0 Å². The van der Waals surface area contributed by atoms with Gasteiger partial charge in [0.1, 0.15) is 0 Å². The van der Waals surface area contributed by atoms with Gasteiger partial charge in [-0.2, -0.15) is 0 Å². The molecule has 0 radical (unpaired) electrons. The van der Waals surface area contributed by atoms with Crippen LogP contribution in [0.15, 0.2) is 24.3 Å². The van der Waals surface area contributed by atoms with Gasteiger partial charge >= 0.3 is 0 Å². The highest BCUT2D eigenvalue weighted by molar-refractivity contribution is 5.29. The zero-order valence-electron chi connectivity index (χ0n) is 8.16. The van der Waals surface area contributed by atoms with Gasteiger partial charge in [-0.25, -0.2) is 0 Å². The topological polar surface area (TPSA) is 26.0 Å². The van der Waals surface area contributed by atoms with Crippen LogP contribution in [0.3, 0.4) is 0 Å². The summed E-state index contributed by atoms with van der Waals surface area (Å²) in [5, 5.41) is 0. The number of rotatable bonds is 2. The Morgan fingerprint density at radius 3 is 2.77 bits per heavy atom. The molecule has 1 aliphatic rings. The first kappa shape index (κ1) is 8.76. The first-order valence-corrected chi connectivity index (χ1v) is 5.15. The minimum atomic E-state index is 0.409. The molecule has 0 aliphatic heterocycles. The van der Waals surface area contributed by atoms with Crippen molar-refractivity contribution >= 4 is 0 Å². The minimum absolute atomic E-state index is 0.409. The molecule has 0 bridgehead atoms. The van der Waals surface area contributed by atoms with Crippen molar-refractivity contribution < 1.29 is 0 Å². The Kier molecular flexibility index (Phi) is 2.36. The molecule has 1 fully saturated rings. The van der Waals surface area contributed by atoms with Gasteiger partial charge in [0.25, 0.3) is 0 Å². The van der Waals surface area contributed by atoms with Crippen LogP contribution < -0.4 is 5.73 Å². The van der Waals surface area contributed by atoms with Gasteiger partial charge in [-0.1, -0.05) is 31.2 Å². The van der Waals surface area contributed by atoms with Crippen LogP contribution in [0.5, 0.6) is 0 Å². The van der Waals surface area contributed by atoms with E-state index in [4.69, 9.17) is 5.73 Å². The van der Waals surface area contributed by atoms with E-state index in [2.05, 4.69) is 31.2 Å². The number of hydrogen-bond acceptors (Lipinski definition) is 1. The van der Waals surface area contributed by atoms with Gasteiger partial charge in [0, 0.05) is 6.04 Å². The van der Waals surface area contributed by atoms with Crippen LogP contribution in [0.2, 0.25) is 0 Å². The van der Waals surface area contributed by atoms with Crippen molar-refractivity contribution in [3.8, 4) is 0 Å². The molecule has 1 heteroatoms. The Morgan fingerprint density at radius 2 is 2.23 bits per heavy atom. The normalized spacial score (nSPS) is 26.9. The molecular weight excluding hydrogens is 158 g/mol. The van der Waals surface area contributed by atoms with E-state index in [1.54, 1.807) is 0 Å². The SMILES string of the molecule is CCc1cccc(C2CCC2N)c1. The highest BCUT2D eigenvalue weighted by Crippen LogP contribution is 2.35. The fourth-order valence-electron chi connectivity index (χ4n) is 1.98. The molecule has 1 aromatic rings. The van der Waals surface area contributed by atoms with Crippen LogP contribution in [0.1, 0.15) is 36.8 Å². The number of aryl methyl sites for hydroxylation is 1. The Bertz CT molecular complexity index is 293. The maximum absolute atomic E-state index is 5.95. The van der Waals surface area contributed by atoms with Crippen LogP contribution in [-0.4, -0.2) is 6.04 Å². The van der Waals surface area contributed by atoms with E-state index in [-0.39, 0.29) is 0 Å². The Balaban J connectivity index is 2.20. The summed E-state index contributed by atoms with van der Waals surface area (Å²) in [4.78, 5) is 0. The molecule has 0 spiro atoms. The van der Waals surface area contributed by atoms with Gasteiger partial charge in [-0.15, -0.1) is 0 Å². The molecule has 1 saturated carbocycles. The van der Waals surface area contributed by atoms with E-state index in [0.717, 1.165) is 6.42 Å². The van der Waals surface area contributed by atoms with Crippen molar-refractivity contribution in [3.05, 3.63) is 35.4 Å². The summed E-state index contributed by atoms with van der Waals surface area (Å²) in [5.41, 5.74) is 8.82. The maximum atomic E-state index is 5.95. The molecule has 0 saturated heterocycles. The summed E-state index contributed by atoms with van der Waals surface area (Å²) in [6.07, 6.45) is 3.59. The van der Waals surface area contributed by atoms with E-state index in [9.17, 15) is 0 Å². The van der Waals surface area contributed by atoms with Crippen LogP contribution in [0.25, 0.3) is 0 Å². The van der Waals surface area contributed by atoms with Crippen LogP contribution in [-0.2, 0) is 6.42 Å². The second-order valence-corrected chi connectivity index (χ2v) is 3.95. The molecule has 0 aromatic heterocycles. The molecular formula is C12H17N. The first-order valence-electron chi connectivity index (χ1n) is 5.15. The van der Waals surface area contributed by atoms with Crippen LogP contribution >= 0.6 is 0 Å². The Morgan fingerprint density at radius 1 is 1.38 bits per heavy atom. The fraction of sp³-hybridized carbons (Fsp3) is 0.500. The molecule has 2 rings (SSSR count). The van der Waals surface area contributed by atoms with E-state index < -0.39 is 0 Å². The van der Waals surface area contributed by atoms with E-state index in [1.165, 1.54) is 24.0 Å². The van der Waals surface area contributed by atoms with Gasteiger partial charge in [0.05, 0.1) is 0 Å². The molecule has 2 atom stereocenters. The van der Waals surface area contributed by atoms with Crippen molar-refractivity contribution in [2.45, 2.75) is 38.1 Å². The number of nitrogens with two attached hydrogens (primary N) is 1. The largest absolute Gasteiger partial charge is 0.327 e. The lowest BCUT2D eigenvalue weighted by molar-refractivity contribution is 0.346. The molecule has 0 heterocycles. The minimum Gasteiger partial charge on any atom is -0.327 e. The third kappa shape index (κ3) is 1.61.